The minimum Gasteiger partial charge on any atom is -0.384 e. The summed E-state index contributed by atoms with van der Waals surface area (Å²) in [6.45, 7) is 0.723. The molecule has 2 rings (SSSR count). The maximum absolute atomic E-state index is 11.8. The monoisotopic (exact) mass is 303 g/mol. The predicted molar refractivity (Wildman–Crippen MR) is 73.9 cm³/mol. The van der Waals surface area contributed by atoms with Crippen LogP contribution in [-0.4, -0.2) is 35.9 Å². The summed E-state index contributed by atoms with van der Waals surface area (Å²) in [5.41, 5.74) is 0.474. The van der Waals surface area contributed by atoms with Gasteiger partial charge in [-0.1, -0.05) is 0 Å². The average Bonchev–Trinajstić information content (AvgIpc) is 3.07. The van der Waals surface area contributed by atoms with Crippen molar-refractivity contribution in [1.82, 2.24) is 0 Å². The van der Waals surface area contributed by atoms with Crippen LogP contribution in [0.4, 0.5) is 5.69 Å². The van der Waals surface area contributed by atoms with Gasteiger partial charge in [0.15, 0.2) is 19.7 Å². The topological polar surface area (TPSA) is 80.3 Å². The van der Waals surface area contributed by atoms with Gasteiger partial charge < -0.3 is 5.32 Å². The standard InChI is InChI=1S/C12H17NO4S2/c1-18(14,15)10-5-6-11(13-8-9-3-4-9)12(7-10)19(2,16)17/h5-7,9,13H,3-4,8H2,1-2H3. The van der Waals surface area contributed by atoms with Crippen molar-refractivity contribution in [2.24, 2.45) is 5.92 Å². The number of benzene rings is 1. The van der Waals surface area contributed by atoms with Crippen molar-refractivity contribution >= 4 is 25.4 Å². The Labute approximate surface area is 113 Å². The van der Waals surface area contributed by atoms with Gasteiger partial charge in [-0.15, -0.1) is 0 Å². The summed E-state index contributed by atoms with van der Waals surface area (Å²) in [4.78, 5) is 0.0565. The van der Waals surface area contributed by atoms with Gasteiger partial charge in [0.2, 0.25) is 0 Å². The fraction of sp³-hybridized carbons (Fsp3) is 0.500. The van der Waals surface area contributed by atoms with Crippen molar-refractivity contribution < 1.29 is 16.8 Å². The second kappa shape index (κ2) is 4.79. The van der Waals surface area contributed by atoms with Crippen molar-refractivity contribution in [2.75, 3.05) is 24.4 Å². The van der Waals surface area contributed by atoms with E-state index < -0.39 is 19.7 Å². The highest BCUT2D eigenvalue weighted by Gasteiger charge is 2.23. The summed E-state index contributed by atoms with van der Waals surface area (Å²) in [6.07, 6.45) is 4.45. The third kappa shape index (κ3) is 3.70. The van der Waals surface area contributed by atoms with E-state index in [2.05, 4.69) is 5.32 Å². The first kappa shape index (κ1) is 14.3. The molecule has 1 N–H and O–H groups in total. The van der Waals surface area contributed by atoms with E-state index in [0.717, 1.165) is 31.9 Å². The minimum atomic E-state index is -3.47. The largest absolute Gasteiger partial charge is 0.384 e. The number of sulfone groups is 2. The molecule has 5 nitrogen and oxygen atoms in total. The summed E-state index contributed by atoms with van der Waals surface area (Å²) in [5.74, 6) is 0.599. The molecular formula is C12H17NO4S2. The van der Waals surface area contributed by atoms with Crippen LogP contribution < -0.4 is 5.32 Å². The molecule has 0 radical (unpaired) electrons. The molecule has 0 aliphatic heterocycles. The lowest BCUT2D eigenvalue weighted by atomic mass is 10.3. The van der Waals surface area contributed by atoms with Crippen molar-refractivity contribution in [2.45, 2.75) is 22.6 Å². The van der Waals surface area contributed by atoms with E-state index in [9.17, 15) is 16.8 Å². The van der Waals surface area contributed by atoms with Crippen LogP contribution in [0.15, 0.2) is 28.0 Å². The Morgan fingerprint density at radius 3 is 2.21 bits per heavy atom. The Hall–Kier alpha value is -1.08. The smallest absolute Gasteiger partial charge is 0.177 e. The average molecular weight is 303 g/mol. The van der Waals surface area contributed by atoms with Gasteiger partial charge in [-0.05, 0) is 37.0 Å². The van der Waals surface area contributed by atoms with Crippen molar-refractivity contribution in [3.8, 4) is 0 Å². The first-order valence-corrected chi connectivity index (χ1v) is 9.74. The van der Waals surface area contributed by atoms with E-state index >= 15 is 0 Å². The van der Waals surface area contributed by atoms with Crippen LogP contribution >= 0.6 is 0 Å². The molecule has 0 spiro atoms. The van der Waals surface area contributed by atoms with Gasteiger partial charge in [0.1, 0.15) is 0 Å². The number of hydrogen-bond donors (Lipinski definition) is 1. The van der Waals surface area contributed by atoms with Gasteiger partial charge in [0.05, 0.1) is 15.5 Å². The van der Waals surface area contributed by atoms with E-state index in [1.807, 2.05) is 0 Å². The number of hydrogen-bond acceptors (Lipinski definition) is 5. The van der Waals surface area contributed by atoms with Gasteiger partial charge >= 0.3 is 0 Å². The number of anilines is 1. The van der Waals surface area contributed by atoms with E-state index in [1.54, 1.807) is 0 Å². The Balaban J connectivity index is 2.42. The third-order valence-corrected chi connectivity index (χ3v) is 5.31. The summed E-state index contributed by atoms with van der Waals surface area (Å²) < 4.78 is 46.5. The lowest BCUT2D eigenvalue weighted by Gasteiger charge is -2.11. The molecule has 1 aromatic carbocycles. The van der Waals surface area contributed by atoms with Gasteiger partial charge in [-0.3, -0.25) is 0 Å². The third-order valence-electron chi connectivity index (χ3n) is 3.06. The second-order valence-corrected chi connectivity index (χ2v) is 9.03. The quantitative estimate of drug-likeness (QED) is 0.887. The van der Waals surface area contributed by atoms with Crippen LogP contribution in [-0.2, 0) is 19.7 Å². The fourth-order valence-corrected chi connectivity index (χ4v) is 3.36. The Morgan fingerprint density at radius 1 is 1.11 bits per heavy atom. The molecule has 19 heavy (non-hydrogen) atoms. The van der Waals surface area contributed by atoms with Gasteiger partial charge in [-0.25, -0.2) is 16.8 Å². The highest BCUT2D eigenvalue weighted by molar-refractivity contribution is 7.91. The Kier molecular flexibility index (Phi) is 3.61. The first-order valence-electron chi connectivity index (χ1n) is 5.96. The van der Waals surface area contributed by atoms with E-state index in [-0.39, 0.29) is 9.79 Å². The van der Waals surface area contributed by atoms with Crippen molar-refractivity contribution in [3.63, 3.8) is 0 Å². The molecule has 0 aromatic heterocycles. The van der Waals surface area contributed by atoms with Crippen LogP contribution in [0.5, 0.6) is 0 Å². The zero-order valence-corrected chi connectivity index (χ0v) is 12.5. The summed E-state index contributed by atoms with van der Waals surface area (Å²) in [5, 5.41) is 3.09. The van der Waals surface area contributed by atoms with Gasteiger partial charge in [0.25, 0.3) is 0 Å². The lowest BCUT2D eigenvalue weighted by Crippen LogP contribution is -2.10. The van der Waals surface area contributed by atoms with Gasteiger partial charge in [-0.2, -0.15) is 0 Å². The predicted octanol–water partition coefficient (Wildman–Crippen LogP) is 1.32. The summed E-state index contributed by atoms with van der Waals surface area (Å²) >= 11 is 0. The molecule has 1 fully saturated rings. The van der Waals surface area contributed by atoms with Crippen LogP contribution in [0.2, 0.25) is 0 Å². The molecule has 0 unspecified atom stereocenters. The molecule has 1 saturated carbocycles. The van der Waals surface area contributed by atoms with Crippen LogP contribution in [0.3, 0.4) is 0 Å². The zero-order valence-electron chi connectivity index (χ0n) is 10.9. The van der Waals surface area contributed by atoms with Crippen LogP contribution in [0, 0.1) is 5.92 Å². The Bertz CT molecular complexity index is 688. The van der Waals surface area contributed by atoms with Crippen molar-refractivity contribution in [1.29, 1.82) is 0 Å². The minimum absolute atomic E-state index is 0.0184. The molecule has 0 saturated heterocycles. The normalized spacial score (nSPS) is 16.3. The second-order valence-electron chi connectivity index (χ2n) is 5.03. The number of rotatable bonds is 5. The molecule has 1 aliphatic rings. The molecule has 0 amide bonds. The zero-order chi connectivity index (χ0) is 14.3. The SMILES string of the molecule is CS(=O)(=O)c1ccc(NCC2CC2)c(S(C)(=O)=O)c1. The molecule has 0 atom stereocenters. The van der Waals surface area contributed by atoms with E-state index in [0.29, 0.717) is 11.6 Å². The van der Waals surface area contributed by atoms with E-state index in [1.165, 1.54) is 18.2 Å². The van der Waals surface area contributed by atoms with E-state index in [4.69, 9.17) is 0 Å². The summed E-state index contributed by atoms with van der Waals surface area (Å²) in [6, 6.07) is 4.17. The van der Waals surface area contributed by atoms with Crippen LogP contribution in [0.1, 0.15) is 12.8 Å². The molecule has 106 valence electrons. The van der Waals surface area contributed by atoms with Crippen LogP contribution in [0.25, 0.3) is 0 Å². The fourth-order valence-electron chi connectivity index (χ4n) is 1.76. The first-order chi connectivity index (χ1) is 8.68. The Morgan fingerprint density at radius 2 is 1.74 bits per heavy atom. The highest BCUT2D eigenvalue weighted by Crippen LogP contribution is 2.31. The molecular weight excluding hydrogens is 286 g/mol. The molecule has 0 bridgehead atoms. The molecule has 1 aromatic rings. The van der Waals surface area contributed by atoms with Crippen molar-refractivity contribution in [3.05, 3.63) is 18.2 Å². The molecule has 0 heterocycles. The number of nitrogens with one attached hydrogen (secondary N) is 1. The maximum atomic E-state index is 11.8. The van der Waals surface area contributed by atoms with Gasteiger partial charge in [0, 0.05) is 19.1 Å². The molecule has 1 aliphatic carbocycles. The molecule has 7 heteroatoms. The summed E-state index contributed by atoms with van der Waals surface area (Å²) in [7, 11) is -6.88. The lowest BCUT2D eigenvalue weighted by molar-refractivity contribution is 0.600. The highest BCUT2D eigenvalue weighted by atomic mass is 32.2. The maximum Gasteiger partial charge on any atom is 0.177 e.